The molecule has 0 radical (unpaired) electrons. The number of hydrogen-bond acceptors (Lipinski definition) is 4. The number of guanidine groups is 1. The first-order valence-electron chi connectivity index (χ1n) is 8.92. The van der Waals surface area contributed by atoms with Gasteiger partial charge in [0.2, 0.25) is 0 Å². The monoisotopic (exact) mass is 514 g/mol. The van der Waals surface area contributed by atoms with E-state index in [1.807, 2.05) is 19.2 Å². The Morgan fingerprint density at radius 2 is 2.14 bits per heavy atom. The molecule has 150 valence electrons. The lowest BCUT2D eigenvalue weighted by molar-refractivity contribution is 0.615. The fraction of sp³-hybridized carbons (Fsp3) is 0.316. The molecular formula is C19H24FIN6S. The molecule has 0 aliphatic heterocycles. The lowest BCUT2D eigenvalue weighted by Gasteiger charge is -2.10. The molecule has 6 nitrogen and oxygen atoms in total. The second-order valence-electron chi connectivity index (χ2n) is 5.88. The van der Waals surface area contributed by atoms with Gasteiger partial charge in [-0.15, -0.1) is 35.3 Å². The Labute approximate surface area is 185 Å². The van der Waals surface area contributed by atoms with Gasteiger partial charge in [0.25, 0.3) is 0 Å². The van der Waals surface area contributed by atoms with Crippen LogP contribution in [0.5, 0.6) is 0 Å². The van der Waals surface area contributed by atoms with Gasteiger partial charge in [-0.25, -0.2) is 19.4 Å². The highest BCUT2D eigenvalue weighted by Crippen LogP contribution is 2.16. The molecule has 0 spiro atoms. The maximum absolute atomic E-state index is 14.4. The van der Waals surface area contributed by atoms with Gasteiger partial charge in [0, 0.05) is 30.0 Å². The number of aryl methyl sites for hydroxylation is 1. The van der Waals surface area contributed by atoms with E-state index in [0.717, 1.165) is 23.5 Å². The second-order valence-corrected chi connectivity index (χ2v) is 7.08. The number of nitrogens with zero attached hydrogens (tertiary/aromatic N) is 4. The molecule has 2 N–H and O–H groups in total. The molecule has 3 aromatic rings. The predicted octanol–water partition coefficient (Wildman–Crippen LogP) is 3.90. The van der Waals surface area contributed by atoms with E-state index in [1.54, 1.807) is 40.7 Å². The van der Waals surface area contributed by atoms with E-state index in [4.69, 9.17) is 0 Å². The summed E-state index contributed by atoms with van der Waals surface area (Å²) >= 11 is 1.70. The molecule has 2 aromatic heterocycles. The van der Waals surface area contributed by atoms with Crippen molar-refractivity contribution in [2.75, 3.05) is 6.54 Å². The van der Waals surface area contributed by atoms with E-state index >= 15 is 0 Å². The molecule has 0 aliphatic carbocycles. The number of aromatic nitrogens is 3. The zero-order chi connectivity index (χ0) is 19.1. The quantitative estimate of drug-likeness (QED) is 0.285. The van der Waals surface area contributed by atoms with Crippen LogP contribution in [0.4, 0.5) is 4.39 Å². The van der Waals surface area contributed by atoms with Gasteiger partial charge in [-0.05, 0) is 31.0 Å². The topological polar surface area (TPSA) is 67.1 Å². The molecule has 3 rings (SSSR count). The van der Waals surface area contributed by atoms with Gasteiger partial charge in [-0.2, -0.15) is 0 Å². The molecule has 2 heterocycles. The van der Waals surface area contributed by atoms with Crippen LogP contribution in [0.2, 0.25) is 0 Å². The average Bonchev–Trinajstić information content (AvgIpc) is 3.36. The fourth-order valence-corrected chi connectivity index (χ4v) is 3.33. The molecule has 1 aromatic carbocycles. The Morgan fingerprint density at radius 3 is 2.79 bits per heavy atom. The summed E-state index contributed by atoms with van der Waals surface area (Å²) in [6, 6.07) is 5.13. The second kappa shape index (κ2) is 11.1. The molecule has 9 heteroatoms. The number of aliphatic imine (C=N–C) groups is 1. The maximum atomic E-state index is 14.4. The molecule has 0 aliphatic rings. The molecular weight excluding hydrogens is 490 g/mol. The highest BCUT2D eigenvalue weighted by atomic mass is 127. The number of nitrogens with one attached hydrogen (secondary N) is 2. The van der Waals surface area contributed by atoms with Crippen molar-refractivity contribution in [1.82, 2.24) is 25.2 Å². The van der Waals surface area contributed by atoms with Crippen molar-refractivity contribution in [3.05, 3.63) is 64.4 Å². The van der Waals surface area contributed by atoms with Crippen molar-refractivity contribution in [3.8, 4) is 5.69 Å². The van der Waals surface area contributed by atoms with Gasteiger partial charge >= 0.3 is 0 Å². The van der Waals surface area contributed by atoms with Gasteiger partial charge in [-0.1, -0.05) is 13.0 Å². The van der Waals surface area contributed by atoms with Crippen molar-refractivity contribution in [3.63, 3.8) is 0 Å². The first-order valence-corrected chi connectivity index (χ1v) is 9.73. The van der Waals surface area contributed by atoms with Crippen molar-refractivity contribution in [1.29, 1.82) is 0 Å². The number of halogens is 2. The minimum atomic E-state index is -0.298. The van der Waals surface area contributed by atoms with E-state index in [2.05, 4.69) is 32.5 Å². The summed E-state index contributed by atoms with van der Waals surface area (Å²) in [7, 11) is 0. The maximum Gasteiger partial charge on any atom is 0.191 e. The lowest BCUT2D eigenvalue weighted by Crippen LogP contribution is -2.36. The fourth-order valence-electron chi connectivity index (χ4n) is 2.52. The van der Waals surface area contributed by atoms with Crippen molar-refractivity contribution in [2.45, 2.75) is 33.4 Å². The van der Waals surface area contributed by atoms with Crippen LogP contribution in [0.1, 0.15) is 29.3 Å². The van der Waals surface area contributed by atoms with Gasteiger partial charge < -0.3 is 15.2 Å². The molecule has 0 amide bonds. The van der Waals surface area contributed by atoms with Gasteiger partial charge in [0.05, 0.1) is 25.1 Å². The van der Waals surface area contributed by atoms with Crippen LogP contribution in [0, 0.1) is 5.82 Å². The highest BCUT2D eigenvalue weighted by Gasteiger charge is 2.06. The normalized spacial score (nSPS) is 11.2. The number of hydrogen-bond donors (Lipinski definition) is 2. The van der Waals surface area contributed by atoms with Crippen LogP contribution in [0.3, 0.4) is 0 Å². The number of imidazole rings is 1. The molecule has 0 saturated heterocycles. The largest absolute Gasteiger partial charge is 0.357 e. The Balaban J connectivity index is 0.00000280. The van der Waals surface area contributed by atoms with Gasteiger partial charge in [0.15, 0.2) is 5.96 Å². The van der Waals surface area contributed by atoms with E-state index in [-0.39, 0.29) is 29.8 Å². The van der Waals surface area contributed by atoms with Gasteiger partial charge in [-0.3, -0.25) is 0 Å². The third kappa shape index (κ3) is 5.99. The first kappa shape index (κ1) is 22.3. The molecule has 0 atom stereocenters. The van der Waals surface area contributed by atoms with Crippen LogP contribution >= 0.6 is 35.3 Å². The molecule has 0 unspecified atom stereocenters. The molecule has 0 fully saturated rings. The smallest absolute Gasteiger partial charge is 0.191 e. The Morgan fingerprint density at radius 1 is 1.29 bits per heavy atom. The Bertz CT molecular complexity index is 894. The SMILES string of the molecule is CCNC(=NCc1ccc(-n2ccnc2)c(F)c1)NCc1ncc(CC)s1.I. The van der Waals surface area contributed by atoms with E-state index in [1.165, 1.54) is 10.9 Å². The average molecular weight is 514 g/mol. The van der Waals surface area contributed by atoms with E-state index in [9.17, 15) is 4.39 Å². The predicted molar refractivity (Wildman–Crippen MR) is 122 cm³/mol. The van der Waals surface area contributed by atoms with Crippen molar-refractivity contribution < 1.29 is 4.39 Å². The van der Waals surface area contributed by atoms with Gasteiger partial charge in [0.1, 0.15) is 10.8 Å². The standard InChI is InChI=1S/C19H23FN6S.HI/c1-3-15-11-23-18(27-15)12-25-19(22-4-2)24-10-14-5-6-17(16(20)9-14)26-8-7-21-13-26;/h5-9,11,13H,3-4,10,12H2,1-2H3,(H2,22,24,25);1H. The Hall–Kier alpha value is -2.01. The zero-order valence-electron chi connectivity index (χ0n) is 15.9. The summed E-state index contributed by atoms with van der Waals surface area (Å²) in [4.78, 5) is 14.2. The van der Waals surface area contributed by atoms with Crippen LogP contribution in [-0.2, 0) is 19.5 Å². The third-order valence-electron chi connectivity index (χ3n) is 3.92. The molecule has 28 heavy (non-hydrogen) atoms. The first-order chi connectivity index (χ1) is 13.2. The van der Waals surface area contributed by atoms with E-state index < -0.39 is 0 Å². The summed E-state index contributed by atoms with van der Waals surface area (Å²) in [5.74, 6) is 0.387. The van der Waals surface area contributed by atoms with Crippen molar-refractivity contribution >= 4 is 41.3 Å². The number of benzene rings is 1. The minimum absolute atomic E-state index is 0. The summed E-state index contributed by atoms with van der Waals surface area (Å²) in [5, 5.41) is 7.50. The lowest BCUT2D eigenvalue weighted by atomic mass is 10.2. The van der Waals surface area contributed by atoms with E-state index in [0.29, 0.717) is 24.7 Å². The molecule has 0 bridgehead atoms. The Kier molecular flexibility index (Phi) is 8.84. The summed E-state index contributed by atoms with van der Waals surface area (Å²) in [5.41, 5.74) is 1.27. The summed E-state index contributed by atoms with van der Waals surface area (Å²) in [6.45, 7) is 5.87. The third-order valence-corrected chi connectivity index (χ3v) is 5.06. The minimum Gasteiger partial charge on any atom is -0.357 e. The highest BCUT2D eigenvalue weighted by molar-refractivity contribution is 14.0. The number of rotatable bonds is 7. The zero-order valence-corrected chi connectivity index (χ0v) is 19.0. The molecule has 0 saturated carbocycles. The van der Waals surface area contributed by atoms with Crippen LogP contribution in [0.25, 0.3) is 5.69 Å². The summed E-state index contributed by atoms with van der Waals surface area (Å²) < 4.78 is 16.0. The van der Waals surface area contributed by atoms with Crippen LogP contribution in [0.15, 0.2) is 48.1 Å². The van der Waals surface area contributed by atoms with Crippen molar-refractivity contribution in [2.24, 2.45) is 4.99 Å². The van der Waals surface area contributed by atoms with Crippen LogP contribution < -0.4 is 10.6 Å². The van der Waals surface area contributed by atoms with Crippen LogP contribution in [-0.4, -0.2) is 27.0 Å². The summed E-state index contributed by atoms with van der Waals surface area (Å²) in [6.07, 6.45) is 7.82. The number of thiazole rings is 1.